The molecular weight excluding hydrogens is 320 g/mol. The van der Waals surface area contributed by atoms with Gasteiger partial charge >= 0.3 is 0 Å². The molecule has 3 aromatic carbocycles. The largest absolute Gasteiger partial charge is 0.356 e. The normalized spacial score (nSPS) is 19.1. The molecule has 0 radical (unpaired) electrons. The SMILES string of the molecule is c1cc2c3c(c1)C(n1c4ccccc4c4ccccc41)CCN3COC2. The number of anilines is 1. The van der Waals surface area contributed by atoms with Crippen molar-refractivity contribution in [3.8, 4) is 0 Å². The lowest BCUT2D eigenvalue weighted by molar-refractivity contribution is 0.107. The summed E-state index contributed by atoms with van der Waals surface area (Å²) in [7, 11) is 0. The summed E-state index contributed by atoms with van der Waals surface area (Å²) in [4.78, 5) is 2.40. The summed E-state index contributed by atoms with van der Waals surface area (Å²) in [6.45, 7) is 2.47. The molecule has 1 aromatic heterocycles. The summed E-state index contributed by atoms with van der Waals surface area (Å²) in [5.41, 5.74) is 6.81. The molecule has 0 spiro atoms. The molecule has 1 unspecified atom stereocenters. The second-order valence-corrected chi connectivity index (χ2v) is 7.30. The van der Waals surface area contributed by atoms with Crippen LogP contribution in [0.1, 0.15) is 23.6 Å². The molecule has 4 aromatic rings. The van der Waals surface area contributed by atoms with Crippen LogP contribution in [0.4, 0.5) is 5.69 Å². The van der Waals surface area contributed by atoms with E-state index in [0.29, 0.717) is 12.8 Å². The molecule has 0 aliphatic carbocycles. The number of fused-ring (bicyclic) bond motifs is 3. The van der Waals surface area contributed by atoms with Crippen molar-refractivity contribution < 1.29 is 4.74 Å². The van der Waals surface area contributed by atoms with E-state index < -0.39 is 0 Å². The van der Waals surface area contributed by atoms with E-state index in [1.165, 1.54) is 38.6 Å². The molecule has 2 aliphatic heterocycles. The minimum Gasteiger partial charge on any atom is -0.356 e. The van der Waals surface area contributed by atoms with Crippen LogP contribution in [-0.2, 0) is 11.3 Å². The van der Waals surface area contributed by atoms with Crippen LogP contribution < -0.4 is 4.90 Å². The Hall–Kier alpha value is -2.78. The van der Waals surface area contributed by atoms with Crippen molar-refractivity contribution in [3.63, 3.8) is 0 Å². The molecule has 0 fully saturated rings. The molecule has 0 bridgehead atoms. The van der Waals surface area contributed by atoms with Gasteiger partial charge in [0.15, 0.2) is 0 Å². The molecule has 26 heavy (non-hydrogen) atoms. The first-order valence-corrected chi connectivity index (χ1v) is 9.34. The minimum absolute atomic E-state index is 0.365. The quantitative estimate of drug-likeness (QED) is 0.481. The first-order valence-electron chi connectivity index (χ1n) is 9.34. The summed E-state index contributed by atoms with van der Waals surface area (Å²) in [6, 6.07) is 24.7. The number of hydrogen-bond donors (Lipinski definition) is 0. The fourth-order valence-electron chi connectivity index (χ4n) is 4.88. The van der Waals surface area contributed by atoms with Crippen molar-refractivity contribution >= 4 is 27.5 Å². The van der Waals surface area contributed by atoms with Crippen LogP contribution in [0.3, 0.4) is 0 Å². The van der Waals surface area contributed by atoms with Crippen molar-refractivity contribution in [2.24, 2.45) is 0 Å². The Labute approximate surface area is 152 Å². The van der Waals surface area contributed by atoms with Gasteiger partial charge in [-0.25, -0.2) is 0 Å². The van der Waals surface area contributed by atoms with Crippen molar-refractivity contribution in [1.29, 1.82) is 0 Å². The smallest absolute Gasteiger partial charge is 0.119 e. The molecule has 128 valence electrons. The van der Waals surface area contributed by atoms with Gasteiger partial charge in [0.05, 0.1) is 12.6 Å². The van der Waals surface area contributed by atoms with Crippen molar-refractivity contribution in [1.82, 2.24) is 4.57 Å². The van der Waals surface area contributed by atoms with E-state index in [2.05, 4.69) is 76.2 Å². The van der Waals surface area contributed by atoms with Crippen LogP contribution >= 0.6 is 0 Å². The maximum atomic E-state index is 5.77. The molecule has 3 heteroatoms. The maximum Gasteiger partial charge on any atom is 0.119 e. The van der Waals surface area contributed by atoms with Crippen molar-refractivity contribution in [3.05, 3.63) is 77.9 Å². The first kappa shape index (κ1) is 14.4. The topological polar surface area (TPSA) is 17.4 Å². The predicted octanol–water partition coefficient (Wildman–Crippen LogP) is 5.08. The highest BCUT2D eigenvalue weighted by Crippen LogP contribution is 2.43. The van der Waals surface area contributed by atoms with Gasteiger partial charge in [0.1, 0.15) is 6.73 Å². The summed E-state index contributed by atoms with van der Waals surface area (Å²) >= 11 is 0. The number of benzene rings is 3. The monoisotopic (exact) mass is 340 g/mol. The van der Waals surface area contributed by atoms with Gasteiger partial charge in [-0.15, -0.1) is 0 Å². The lowest BCUT2D eigenvalue weighted by atomic mass is 9.92. The molecule has 6 rings (SSSR count). The summed E-state index contributed by atoms with van der Waals surface area (Å²) in [5.74, 6) is 0. The molecular formula is C23H20N2O. The van der Waals surface area contributed by atoms with E-state index in [-0.39, 0.29) is 0 Å². The number of hydrogen-bond acceptors (Lipinski definition) is 2. The predicted molar refractivity (Wildman–Crippen MR) is 106 cm³/mol. The highest BCUT2D eigenvalue weighted by molar-refractivity contribution is 6.08. The van der Waals surface area contributed by atoms with E-state index in [0.717, 1.165) is 19.6 Å². The fourth-order valence-corrected chi connectivity index (χ4v) is 4.88. The van der Waals surface area contributed by atoms with Crippen LogP contribution in [0.25, 0.3) is 21.8 Å². The van der Waals surface area contributed by atoms with E-state index in [9.17, 15) is 0 Å². The Balaban J connectivity index is 1.67. The van der Waals surface area contributed by atoms with Crippen LogP contribution in [0.15, 0.2) is 66.7 Å². The molecule has 0 saturated carbocycles. The Kier molecular flexibility index (Phi) is 2.97. The van der Waals surface area contributed by atoms with Gasteiger partial charge in [-0.1, -0.05) is 54.6 Å². The maximum absolute atomic E-state index is 5.77. The standard InChI is InChI=1S/C23H20N2O/c1-3-10-20-17(7-1)18-8-2-4-11-21(18)25(20)22-12-13-24-15-26-14-16-6-5-9-19(22)23(16)24/h1-11,22H,12-15H2. The Morgan fingerprint density at radius 2 is 1.54 bits per heavy atom. The number of aromatic nitrogens is 1. The van der Waals surface area contributed by atoms with Crippen LogP contribution in [-0.4, -0.2) is 17.8 Å². The average molecular weight is 340 g/mol. The van der Waals surface area contributed by atoms with Gasteiger partial charge < -0.3 is 14.2 Å². The molecule has 0 N–H and O–H groups in total. The van der Waals surface area contributed by atoms with Gasteiger partial charge in [0.2, 0.25) is 0 Å². The number of rotatable bonds is 1. The van der Waals surface area contributed by atoms with Crippen molar-refractivity contribution in [2.45, 2.75) is 19.1 Å². The lowest BCUT2D eigenvalue weighted by Gasteiger charge is -2.40. The van der Waals surface area contributed by atoms with E-state index >= 15 is 0 Å². The summed E-state index contributed by atoms with van der Waals surface area (Å²) in [6.07, 6.45) is 1.10. The molecule has 3 heterocycles. The molecule has 2 aliphatic rings. The van der Waals surface area contributed by atoms with E-state index in [4.69, 9.17) is 4.74 Å². The number of nitrogens with zero attached hydrogens (tertiary/aromatic N) is 2. The van der Waals surface area contributed by atoms with Gasteiger partial charge in [-0.3, -0.25) is 0 Å². The van der Waals surface area contributed by atoms with Gasteiger partial charge in [-0.05, 0) is 24.1 Å². The highest BCUT2D eigenvalue weighted by atomic mass is 16.5. The van der Waals surface area contributed by atoms with Gasteiger partial charge in [0.25, 0.3) is 0 Å². The zero-order valence-corrected chi connectivity index (χ0v) is 14.6. The van der Waals surface area contributed by atoms with Gasteiger partial charge in [0, 0.05) is 39.6 Å². The Bertz CT molecular complexity index is 1090. The minimum atomic E-state index is 0.365. The zero-order valence-electron chi connectivity index (χ0n) is 14.6. The van der Waals surface area contributed by atoms with Crippen LogP contribution in [0.5, 0.6) is 0 Å². The second kappa shape index (κ2) is 5.36. The van der Waals surface area contributed by atoms with Gasteiger partial charge in [-0.2, -0.15) is 0 Å². The molecule has 0 saturated heterocycles. The van der Waals surface area contributed by atoms with Crippen molar-refractivity contribution in [2.75, 3.05) is 18.2 Å². The summed E-state index contributed by atoms with van der Waals surface area (Å²) < 4.78 is 8.34. The molecule has 3 nitrogen and oxygen atoms in total. The third-order valence-corrected chi connectivity index (χ3v) is 5.93. The third-order valence-electron chi connectivity index (χ3n) is 5.93. The third kappa shape index (κ3) is 1.86. The number of ether oxygens (including phenoxy) is 1. The number of para-hydroxylation sites is 3. The lowest BCUT2D eigenvalue weighted by Crippen LogP contribution is -2.38. The molecule has 1 atom stereocenters. The van der Waals surface area contributed by atoms with E-state index in [1.807, 2.05) is 0 Å². The van der Waals surface area contributed by atoms with Crippen LogP contribution in [0.2, 0.25) is 0 Å². The summed E-state index contributed by atoms with van der Waals surface area (Å²) in [5, 5.41) is 2.69. The van der Waals surface area contributed by atoms with E-state index in [1.54, 1.807) is 0 Å². The second-order valence-electron chi connectivity index (χ2n) is 7.30. The fraction of sp³-hybridized carbons (Fsp3) is 0.217. The average Bonchev–Trinajstić information content (AvgIpc) is 3.04. The molecule has 0 amide bonds. The zero-order chi connectivity index (χ0) is 17.1. The Morgan fingerprint density at radius 1 is 0.808 bits per heavy atom. The Morgan fingerprint density at radius 3 is 2.31 bits per heavy atom. The van der Waals surface area contributed by atoms with Crippen LogP contribution in [0, 0.1) is 0 Å². The first-order chi connectivity index (χ1) is 12.9. The highest BCUT2D eigenvalue weighted by Gasteiger charge is 2.31.